The molecule has 1 N–H and O–H groups in total. The van der Waals surface area contributed by atoms with E-state index in [1.54, 1.807) is 6.92 Å². The number of nitrogens with one attached hydrogen (secondary N) is 1. The van der Waals surface area contributed by atoms with E-state index in [1.807, 2.05) is 13.8 Å². The standard InChI is InChI=1S/C14H23N3O2/c1-10(2)14-16-12(11(3)19-14)13(18)15-6-9-17-7-4-5-8-17/h10H,4-9H2,1-3H3,(H,15,18). The molecule has 0 aliphatic carbocycles. The smallest absolute Gasteiger partial charge is 0.273 e. The number of oxazole rings is 1. The molecular weight excluding hydrogens is 242 g/mol. The van der Waals surface area contributed by atoms with Gasteiger partial charge < -0.3 is 14.6 Å². The Labute approximate surface area is 114 Å². The van der Waals surface area contributed by atoms with Crippen LogP contribution in [0.1, 0.15) is 54.7 Å². The molecule has 0 unspecified atom stereocenters. The highest BCUT2D eigenvalue weighted by Crippen LogP contribution is 2.17. The van der Waals surface area contributed by atoms with Crippen LogP contribution in [0.3, 0.4) is 0 Å². The Hall–Kier alpha value is -1.36. The van der Waals surface area contributed by atoms with Crippen LogP contribution >= 0.6 is 0 Å². The quantitative estimate of drug-likeness (QED) is 0.884. The third-order valence-electron chi connectivity index (χ3n) is 3.43. The minimum absolute atomic E-state index is 0.132. The number of carbonyl (C=O) groups is 1. The fourth-order valence-electron chi connectivity index (χ4n) is 2.29. The molecule has 5 nitrogen and oxygen atoms in total. The van der Waals surface area contributed by atoms with E-state index in [4.69, 9.17) is 4.42 Å². The number of amides is 1. The molecule has 1 amide bonds. The third kappa shape index (κ3) is 3.56. The first-order valence-corrected chi connectivity index (χ1v) is 7.06. The highest BCUT2D eigenvalue weighted by Gasteiger charge is 2.18. The monoisotopic (exact) mass is 265 g/mol. The number of nitrogens with zero attached hydrogens (tertiary/aromatic N) is 2. The van der Waals surface area contributed by atoms with Crippen LogP contribution in [0.4, 0.5) is 0 Å². The number of hydrogen-bond donors (Lipinski definition) is 1. The molecule has 1 aromatic rings. The molecule has 0 saturated carbocycles. The molecule has 2 heterocycles. The Morgan fingerprint density at radius 1 is 1.42 bits per heavy atom. The van der Waals surface area contributed by atoms with Crippen molar-refractivity contribution in [1.82, 2.24) is 15.2 Å². The molecule has 0 atom stereocenters. The molecule has 106 valence electrons. The second kappa shape index (κ2) is 6.19. The van der Waals surface area contributed by atoms with E-state index < -0.39 is 0 Å². The molecule has 0 radical (unpaired) electrons. The molecule has 1 saturated heterocycles. The first-order chi connectivity index (χ1) is 9.08. The van der Waals surface area contributed by atoms with Crippen molar-refractivity contribution in [3.8, 4) is 0 Å². The predicted molar refractivity (Wildman–Crippen MR) is 73.3 cm³/mol. The van der Waals surface area contributed by atoms with Crippen molar-refractivity contribution in [1.29, 1.82) is 0 Å². The number of aromatic nitrogens is 1. The maximum absolute atomic E-state index is 12.0. The van der Waals surface area contributed by atoms with Gasteiger partial charge in [0.25, 0.3) is 5.91 Å². The van der Waals surface area contributed by atoms with Gasteiger partial charge >= 0.3 is 0 Å². The molecule has 1 aliphatic heterocycles. The fraction of sp³-hybridized carbons (Fsp3) is 0.714. The van der Waals surface area contributed by atoms with Crippen LogP contribution < -0.4 is 5.32 Å². The fourth-order valence-corrected chi connectivity index (χ4v) is 2.29. The molecule has 2 rings (SSSR count). The van der Waals surface area contributed by atoms with E-state index in [0.717, 1.165) is 19.6 Å². The largest absolute Gasteiger partial charge is 0.445 e. The van der Waals surface area contributed by atoms with Gasteiger partial charge in [0, 0.05) is 19.0 Å². The van der Waals surface area contributed by atoms with Crippen molar-refractivity contribution in [2.45, 2.75) is 39.5 Å². The minimum Gasteiger partial charge on any atom is -0.445 e. The van der Waals surface area contributed by atoms with Gasteiger partial charge in [-0.2, -0.15) is 0 Å². The molecule has 1 aliphatic rings. The van der Waals surface area contributed by atoms with Crippen LogP contribution in [0, 0.1) is 6.92 Å². The first kappa shape index (κ1) is 14.1. The van der Waals surface area contributed by atoms with Crippen molar-refractivity contribution >= 4 is 5.91 Å². The predicted octanol–water partition coefficient (Wildman–Crippen LogP) is 1.93. The van der Waals surface area contributed by atoms with Crippen LogP contribution in [-0.4, -0.2) is 42.0 Å². The van der Waals surface area contributed by atoms with E-state index in [9.17, 15) is 4.79 Å². The third-order valence-corrected chi connectivity index (χ3v) is 3.43. The van der Waals surface area contributed by atoms with Gasteiger partial charge in [-0.1, -0.05) is 13.8 Å². The highest BCUT2D eigenvalue weighted by molar-refractivity contribution is 5.93. The van der Waals surface area contributed by atoms with Gasteiger partial charge in [0.15, 0.2) is 11.6 Å². The van der Waals surface area contributed by atoms with Gasteiger partial charge in [-0.25, -0.2) is 4.98 Å². The maximum atomic E-state index is 12.0. The van der Waals surface area contributed by atoms with Crippen LogP contribution in [-0.2, 0) is 0 Å². The summed E-state index contributed by atoms with van der Waals surface area (Å²) in [6, 6.07) is 0. The van der Waals surface area contributed by atoms with E-state index in [1.165, 1.54) is 12.8 Å². The Bertz CT molecular complexity index is 434. The summed E-state index contributed by atoms with van der Waals surface area (Å²) in [5, 5.41) is 2.92. The topological polar surface area (TPSA) is 58.4 Å². The lowest BCUT2D eigenvalue weighted by molar-refractivity contribution is 0.0944. The van der Waals surface area contributed by atoms with Gasteiger partial charge in [-0.15, -0.1) is 0 Å². The zero-order chi connectivity index (χ0) is 13.8. The SMILES string of the molecule is Cc1oc(C(C)C)nc1C(=O)NCCN1CCCC1. The maximum Gasteiger partial charge on any atom is 0.273 e. The molecule has 0 spiro atoms. The Morgan fingerprint density at radius 2 is 2.11 bits per heavy atom. The van der Waals surface area contributed by atoms with Gasteiger partial charge in [-0.3, -0.25) is 4.79 Å². The van der Waals surface area contributed by atoms with Crippen molar-refractivity contribution in [2.24, 2.45) is 0 Å². The van der Waals surface area contributed by atoms with Crippen molar-refractivity contribution in [2.75, 3.05) is 26.2 Å². The van der Waals surface area contributed by atoms with E-state index in [-0.39, 0.29) is 11.8 Å². The van der Waals surface area contributed by atoms with Gasteiger partial charge in [0.05, 0.1) is 0 Å². The molecule has 0 aromatic carbocycles. The van der Waals surface area contributed by atoms with Crippen LogP contribution in [0.2, 0.25) is 0 Å². The Morgan fingerprint density at radius 3 is 2.68 bits per heavy atom. The molecular formula is C14H23N3O2. The second-order valence-electron chi connectivity index (χ2n) is 5.42. The lowest BCUT2D eigenvalue weighted by Gasteiger charge is -2.14. The zero-order valence-corrected chi connectivity index (χ0v) is 12.0. The summed E-state index contributed by atoms with van der Waals surface area (Å²) in [5.41, 5.74) is 0.421. The molecule has 0 bridgehead atoms. The number of likely N-dealkylation sites (tertiary alicyclic amines) is 1. The van der Waals surface area contributed by atoms with Gasteiger partial charge in [0.1, 0.15) is 5.76 Å². The molecule has 19 heavy (non-hydrogen) atoms. The average Bonchev–Trinajstić information content (AvgIpc) is 2.98. The summed E-state index contributed by atoms with van der Waals surface area (Å²) < 4.78 is 5.49. The van der Waals surface area contributed by atoms with E-state index in [0.29, 0.717) is 23.9 Å². The number of hydrogen-bond acceptors (Lipinski definition) is 4. The van der Waals surface area contributed by atoms with E-state index >= 15 is 0 Å². The lowest BCUT2D eigenvalue weighted by Crippen LogP contribution is -2.33. The molecule has 5 heteroatoms. The molecule has 1 fully saturated rings. The minimum atomic E-state index is -0.132. The van der Waals surface area contributed by atoms with Crippen LogP contribution in [0.15, 0.2) is 4.42 Å². The number of aryl methyl sites for hydroxylation is 1. The van der Waals surface area contributed by atoms with Crippen LogP contribution in [0.25, 0.3) is 0 Å². The second-order valence-corrected chi connectivity index (χ2v) is 5.42. The summed E-state index contributed by atoms with van der Waals surface area (Å²) in [4.78, 5) is 18.7. The lowest BCUT2D eigenvalue weighted by atomic mass is 10.2. The average molecular weight is 265 g/mol. The first-order valence-electron chi connectivity index (χ1n) is 7.06. The van der Waals surface area contributed by atoms with E-state index in [2.05, 4.69) is 15.2 Å². The summed E-state index contributed by atoms with van der Waals surface area (Å²) in [7, 11) is 0. The zero-order valence-electron chi connectivity index (χ0n) is 12.0. The van der Waals surface area contributed by atoms with Crippen molar-refractivity contribution in [3.05, 3.63) is 17.3 Å². The Balaban J connectivity index is 1.85. The summed E-state index contributed by atoms with van der Waals surface area (Å²) >= 11 is 0. The van der Waals surface area contributed by atoms with Gasteiger partial charge in [0.2, 0.25) is 0 Å². The number of carbonyl (C=O) groups excluding carboxylic acids is 1. The van der Waals surface area contributed by atoms with Crippen molar-refractivity contribution in [3.63, 3.8) is 0 Å². The number of rotatable bonds is 5. The van der Waals surface area contributed by atoms with Gasteiger partial charge in [-0.05, 0) is 32.9 Å². The van der Waals surface area contributed by atoms with Crippen molar-refractivity contribution < 1.29 is 9.21 Å². The summed E-state index contributed by atoms with van der Waals surface area (Å²) in [5.74, 6) is 1.29. The summed E-state index contributed by atoms with van der Waals surface area (Å²) in [6.07, 6.45) is 2.54. The highest BCUT2D eigenvalue weighted by atomic mass is 16.4. The summed E-state index contributed by atoms with van der Waals surface area (Å²) in [6.45, 7) is 9.67. The molecule has 1 aromatic heterocycles. The van der Waals surface area contributed by atoms with Crippen LogP contribution in [0.5, 0.6) is 0 Å². The normalized spacial score (nSPS) is 16.2. The Kier molecular flexibility index (Phi) is 4.58.